The molecule has 0 amide bonds. The number of methoxy groups -OCH3 is 1. The highest BCUT2D eigenvalue weighted by atomic mass is 16.5. The normalized spacial score (nSPS) is 17.3. The lowest BCUT2D eigenvalue weighted by Crippen LogP contribution is -2.36. The molecule has 2 aliphatic rings. The van der Waals surface area contributed by atoms with Crippen molar-refractivity contribution in [2.75, 3.05) is 31.6 Å². The van der Waals surface area contributed by atoms with E-state index in [2.05, 4.69) is 14.8 Å². The fraction of sp³-hybridized carbons (Fsp3) is 0.474. The predicted molar refractivity (Wildman–Crippen MR) is 98.8 cm³/mol. The van der Waals surface area contributed by atoms with Crippen molar-refractivity contribution in [2.24, 2.45) is 0 Å². The summed E-state index contributed by atoms with van der Waals surface area (Å²) >= 11 is 0. The number of phenols is 1. The van der Waals surface area contributed by atoms with Gasteiger partial charge in [0, 0.05) is 50.8 Å². The van der Waals surface area contributed by atoms with E-state index in [-0.39, 0.29) is 11.3 Å². The van der Waals surface area contributed by atoms with Crippen LogP contribution in [0.4, 0.5) is 5.95 Å². The van der Waals surface area contributed by atoms with Crippen molar-refractivity contribution in [3.63, 3.8) is 0 Å². The number of fused-ring (bicyclic) bond motifs is 1. The minimum atomic E-state index is -0.0412. The van der Waals surface area contributed by atoms with Crippen LogP contribution in [0.1, 0.15) is 29.7 Å². The van der Waals surface area contributed by atoms with Gasteiger partial charge < -0.3 is 14.7 Å². The van der Waals surface area contributed by atoms with Crippen molar-refractivity contribution in [3.05, 3.63) is 45.4 Å². The summed E-state index contributed by atoms with van der Waals surface area (Å²) in [4.78, 5) is 24.6. The molecule has 0 bridgehead atoms. The number of aromatic amines is 1. The van der Waals surface area contributed by atoms with Crippen LogP contribution in [0.25, 0.3) is 0 Å². The third kappa shape index (κ3) is 3.26. The summed E-state index contributed by atoms with van der Waals surface area (Å²) in [6.45, 7) is 3.87. The lowest BCUT2D eigenvalue weighted by molar-refractivity contribution is 0.238. The third-order valence-electron chi connectivity index (χ3n) is 5.23. The molecule has 0 spiro atoms. The largest absolute Gasteiger partial charge is 0.507 e. The molecule has 2 aromatic rings. The molecule has 1 aromatic heterocycles. The van der Waals surface area contributed by atoms with Gasteiger partial charge in [0.1, 0.15) is 11.5 Å². The van der Waals surface area contributed by atoms with Crippen LogP contribution >= 0.6 is 0 Å². The molecule has 1 fully saturated rings. The van der Waals surface area contributed by atoms with Crippen molar-refractivity contribution >= 4 is 5.95 Å². The molecule has 1 aromatic carbocycles. The maximum atomic E-state index is 12.6. The Hall–Kier alpha value is -2.54. The topological polar surface area (TPSA) is 81.7 Å². The number of nitrogens with one attached hydrogen (secondary N) is 1. The van der Waals surface area contributed by atoms with Gasteiger partial charge in [-0.15, -0.1) is 0 Å². The Morgan fingerprint density at radius 2 is 2.08 bits per heavy atom. The zero-order valence-electron chi connectivity index (χ0n) is 15.0. The monoisotopic (exact) mass is 356 g/mol. The number of aromatic nitrogens is 2. The number of aromatic hydroxyl groups is 1. The van der Waals surface area contributed by atoms with Gasteiger partial charge in [-0.05, 0) is 18.9 Å². The molecular formula is C19H24N4O3. The lowest BCUT2D eigenvalue weighted by atomic mass is 10.1. The van der Waals surface area contributed by atoms with Crippen LogP contribution in [-0.2, 0) is 19.5 Å². The van der Waals surface area contributed by atoms with Crippen molar-refractivity contribution < 1.29 is 9.84 Å². The zero-order chi connectivity index (χ0) is 18.1. The highest BCUT2D eigenvalue weighted by Gasteiger charge is 2.24. The number of hydrogen-bond acceptors (Lipinski definition) is 6. The molecule has 2 N–H and O–H groups in total. The highest BCUT2D eigenvalue weighted by molar-refractivity contribution is 5.40. The van der Waals surface area contributed by atoms with Gasteiger partial charge in [0.2, 0.25) is 5.95 Å². The molecule has 0 aliphatic carbocycles. The molecule has 2 aliphatic heterocycles. The van der Waals surface area contributed by atoms with Gasteiger partial charge >= 0.3 is 0 Å². The maximum Gasteiger partial charge on any atom is 0.257 e. The van der Waals surface area contributed by atoms with E-state index in [0.29, 0.717) is 24.8 Å². The number of nitrogens with zero attached hydrogens (tertiary/aromatic N) is 3. The smallest absolute Gasteiger partial charge is 0.257 e. The number of ether oxygens (including phenoxy) is 1. The fourth-order valence-electron chi connectivity index (χ4n) is 3.73. The second-order valence-corrected chi connectivity index (χ2v) is 6.96. The Balaban J connectivity index is 1.52. The van der Waals surface area contributed by atoms with E-state index >= 15 is 0 Å². The van der Waals surface area contributed by atoms with Crippen LogP contribution in [0.3, 0.4) is 0 Å². The molecule has 1 saturated heterocycles. The standard InChI is InChI=1S/C19H24N4O3/c1-26-14-5-4-13(17(24)10-14)11-22-9-6-16-15(12-22)18(25)21-19(20-16)23-7-2-3-8-23/h4-5,10,24H,2-3,6-9,11-12H2,1H3,(H,20,21,25). The average molecular weight is 356 g/mol. The maximum absolute atomic E-state index is 12.6. The molecule has 0 unspecified atom stereocenters. The number of phenolic OH excluding ortho intramolecular Hbond substituents is 1. The molecule has 4 rings (SSSR count). The zero-order valence-corrected chi connectivity index (χ0v) is 15.0. The Morgan fingerprint density at radius 3 is 2.81 bits per heavy atom. The molecule has 7 nitrogen and oxygen atoms in total. The first-order valence-corrected chi connectivity index (χ1v) is 9.09. The number of benzene rings is 1. The molecule has 138 valence electrons. The van der Waals surface area contributed by atoms with Crippen LogP contribution in [0, 0.1) is 0 Å². The van der Waals surface area contributed by atoms with Gasteiger partial charge in [-0.25, -0.2) is 4.98 Å². The molecular weight excluding hydrogens is 332 g/mol. The molecule has 0 saturated carbocycles. The van der Waals surface area contributed by atoms with E-state index in [9.17, 15) is 9.90 Å². The third-order valence-corrected chi connectivity index (χ3v) is 5.23. The van der Waals surface area contributed by atoms with Crippen molar-refractivity contribution in [1.82, 2.24) is 14.9 Å². The summed E-state index contributed by atoms with van der Waals surface area (Å²) in [6, 6.07) is 5.32. The second-order valence-electron chi connectivity index (χ2n) is 6.96. The van der Waals surface area contributed by atoms with Crippen LogP contribution in [-0.4, -0.2) is 46.7 Å². The molecule has 3 heterocycles. The first kappa shape index (κ1) is 16.9. The SMILES string of the molecule is COc1ccc(CN2CCc3nc(N4CCCC4)[nH]c(=O)c3C2)c(O)c1. The lowest BCUT2D eigenvalue weighted by Gasteiger charge is -2.28. The summed E-state index contributed by atoms with van der Waals surface area (Å²) in [5.74, 6) is 1.56. The van der Waals surface area contributed by atoms with Gasteiger partial charge in [0.25, 0.3) is 5.56 Å². The average Bonchev–Trinajstić information content (AvgIpc) is 3.18. The van der Waals surface area contributed by atoms with E-state index in [1.165, 1.54) is 0 Å². The Morgan fingerprint density at radius 1 is 1.27 bits per heavy atom. The Labute approximate surface area is 152 Å². The van der Waals surface area contributed by atoms with Gasteiger partial charge in [-0.1, -0.05) is 6.07 Å². The molecule has 7 heteroatoms. The van der Waals surface area contributed by atoms with Crippen LogP contribution in [0.15, 0.2) is 23.0 Å². The number of rotatable bonds is 4. The number of H-pyrrole nitrogens is 1. The van der Waals surface area contributed by atoms with Gasteiger partial charge in [0.15, 0.2) is 0 Å². The minimum absolute atomic E-state index is 0.0412. The number of anilines is 1. The van der Waals surface area contributed by atoms with Gasteiger partial charge in [-0.3, -0.25) is 14.7 Å². The van der Waals surface area contributed by atoms with E-state index in [4.69, 9.17) is 9.72 Å². The van der Waals surface area contributed by atoms with Crippen LogP contribution < -0.4 is 15.2 Å². The van der Waals surface area contributed by atoms with E-state index < -0.39 is 0 Å². The van der Waals surface area contributed by atoms with E-state index in [1.807, 2.05) is 12.1 Å². The summed E-state index contributed by atoms with van der Waals surface area (Å²) in [5, 5.41) is 10.2. The summed E-state index contributed by atoms with van der Waals surface area (Å²) in [5.41, 5.74) is 2.44. The second kappa shape index (κ2) is 6.99. The van der Waals surface area contributed by atoms with Crippen molar-refractivity contribution in [3.8, 4) is 11.5 Å². The molecule has 0 radical (unpaired) electrons. The summed E-state index contributed by atoms with van der Waals surface area (Å²) in [7, 11) is 1.58. The predicted octanol–water partition coefficient (Wildman–Crippen LogP) is 1.64. The Kier molecular flexibility index (Phi) is 4.55. The van der Waals surface area contributed by atoms with Crippen molar-refractivity contribution in [1.29, 1.82) is 0 Å². The minimum Gasteiger partial charge on any atom is -0.507 e. The molecule has 0 atom stereocenters. The number of hydrogen-bond donors (Lipinski definition) is 2. The fourth-order valence-corrected chi connectivity index (χ4v) is 3.73. The first-order chi connectivity index (χ1) is 12.6. The van der Waals surface area contributed by atoms with E-state index in [0.717, 1.165) is 55.7 Å². The van der Waals surface area contributed by atoms with Gasteiger partial charge in [-0.2, -0.15) is 0 Å². The van der Waals surface area contributed by atoms with Crippen molar-refractivity contribution in [2.45, 2.75) is 32.4 Å². The van der Waals surface area contributed by atoms with Crippen LogP contribution in [0.2, 0.25) is 0 Å². The van der Waals surface area contributed by atoms with E-state index in [1.54, 1.807) is 13.2 Å². The quantitative estimate of drug-likeness (QED) is 0.867. The van der Waals surface area contributed by atoms with Crippen LogP contribution in [0.5, 0.6) is 11.5 Å². The molecule has 26 heavy (non-hydrogen) atoms. The Bertz CT molecular complexity index is 858. The highest BCUT2D eigenvalue weighted by Crippen LogP contribution is 2.26. The first-order valence-electron chi connectivity index (χ1n) is 9.09. The summed E-state index contributed by atoms with van der Waals surface area (Å²) in [6.07, 6.45) is 3.05. The summed E-state index contributed by atoms with van der Waals surface area (Å²) < 4.78 is 5.12. The van der Waals surface area contributed by atoms with Gasteiger partial charge in [0.05, 0.1) is 18.4 Å².